The number of benzene rings is 1. The predicted octanol–water partition coefficient (Wildman–Crippen LogP) is 3.03. The molecular formula is C14H20N2O3S. The highest BCUT2D eigenvalue weighted by Gasteiger charge is 2.25. The molecule has 1 aromatic carbocycles. The van der Waals surface area contributed by atoms with Gasteiger partial charge >= 0.3 is 12.0 Å². The van der Waals surface area contributed by atoms with Crippen molar-refractivity contribution in [2.75, 3.05) is 11.6 Å². The van der Waals surface area contributed by atoms with Gasteiger partial charge in [0.15, 0.2) is 0 Å². The Bertz CT molecular complexity index is 479. The maximum atomic E-state index is 11.9. The minimum atomic E-state index is -1.02. The maximum absolute atomic E-state index is 11.9. The highest BCUT2D eigenvalue weighted by Crippen LogP contribution is 2.24. The second-order valence-electron chi connectivity index (χ2n) is 4.50. The summed E-state index contributed by atoms with van der Waals surface area (Å²) in [5.74, 6) is -1.15. The standard InChI is InChI=1S/C14H20N2O3S/c1-4-9(2)12(13(17)18)16-14(19)15-10-7-5-6-8-11(10)20-3/h5-9,12H,4H2,1-3H3,(H,17,18)(H2,15,16,19)/t9-,12-/m0/s1. The fourth-order valence-corrected chi connectivity index (χ4v) is 2.28. The Morgan fingerprint density at radius 1 is 1.35 bits per heavy atom. The molecule has 0 aliphatic carbocycles. The minimum Gasteiger partial charge on any atom is -0.480 e. The molecule has 6 heteroatoms. The SMILES string of the molecule is CC[C@H](C)[C@H](NC(=O)Nc1ccccc1SC)C(=O)O. The van der Waals surface area contributed by atoms with Gasteiger partial charge in [-0.1, -0.05) is 32.4 Å². The Morgan fingerprint density at radius 3 is 2.55 bits per heavy atom. The van der Waals surface area contributed by atoms with Gasteiger partial charge in [0.25, 0.3) is 0 Å². The van der Waals surface area contributed by atoms with Gasteiger partial charge in [-0.15, -0.1) is 11.8 Å². The van der Waals surface area contributed by atoms with E-state index in [9.17, 15) is 9.59 Å². The number of thioether (sulfide) groups is 1. The third-order valence-corrected chi connectivity index (χ3v) is 3.92. The normalized spacial score (nSPS) is 13.3. The third-order valence-electron chi connectivity index (χ3n) is 3.12. The van der Waals surface area contributed by atoms with Crippen LogP contribution in [0, 0.1) is 5.92 Å². The van der Waals surface area contributed by atoms with Gasteiger partial charge in [-0.3, -0.25) is 0 Å². The lowest BCUT2D eigenvalue weighted by atomic mass is 9.99. The van der Waals surface area contributed by atoms with E-state index in [1.54, 1.807) is 13.0 Å². The van der Waals surface area contributed by atoms with Crippen molar-refractivity contribution in [1.82, 2.24) is 5.32 Å². The summed E-state index contributed by atoms with van der Waals surface area (Å²) in [4.78, 5) is 24.0. The fourth-order valence-electron chi connectivity index (χ4n) is 1.73. The van der Waals surface area contributed by atoms with E-state index < -0.39 is 18.0 Å². The van der Waals surface area contributed by atoms with Crippen LogP contribution in [-0.4, -0.2) is 29.4 Å². The van der Waals surface area contributed by atoms with Crippen LogP contribution in [0.5, 0.6) is 0 Å². The Balaban J connectivity index is 2.73. The summed E-state index contributed by atoms with van der Waals surface area (Å²) < 4.78 is 0. The Labute approximate surface area is 123 Å². The number of carbonyl (C=O) groups is 2. The van der Waals surface area contributed by atoms with E-state index in [-0.39, 0.29) is 5.92 Å². The lowest BCUT2D eigenvalue weighted by molar-refractivity contribution is -0.140. The highest BCUT2D eigenvalue weighted by molar-refractivity contribution is 7.98. The molecule has 0 unspecified atom stereocenters. The largest absolute Gasteiger partial charge is 0.480 e. The van der Waals surface area contributed by atoms with Crippen LogP contribution < -0.4 is 10.6 Å². The number of carbonyl (C=O) groups excluding carboxylic acids is 1. The molecule has 0 heterocycles. The smallest absolute Gasteiger partial charge is 0.326 e. The lowest BCUT2D eigenvalue weighted by Gasteiger charge is -2.20. The first-order valence-electron chi connectivity index (χ1n) is 6.42. The van der Waals surface area contributed by atoms with Crippen molar-refractivity contribution >= 4 is 29.4 Å². The second-order valence-corrected chi connectivity index (χ2v) is 5.35. The van der Waals surface area contributed by atoms with E-state index in [2.05, 4.69) is 10.6 Å². The average Bonchev–Trinajstić information content (AvgIpc) is 2.44. The van der Waals surface area contributed by atoms with Gasteiger partial charge in [-0.2, -0.15) is 0 Å². The number of anilines is 1. The number of hydrogen-bond acceptors (Lipinski definition) is 3. The van der Waals surface area contributed by atoms with Gasteiger partial charge in [0.2, 0.25) is 0 Å². The quantitative estimate of drug-likeness (QED) is 0.705. The second kappa shape index (κ2) is 7.79. The van der Waals surface area contributed by atoms with Crippen LogP contribution in [0.3, 0.4) is 0 Å². The molecule has 0 saturated carbocycles. The Hall–Kier alpha value is -1.69. The van der Waals surface area contributed by atoms with Gasteiger partial charge in [0.05, 0.1) is 5.69 Å². The summed E-state index contributed by atoms with van der Waals surface area (Å²) in [5, 5.41) is 14.3. The van der Waals surface area contributed by atoms with Crippen molar-refractivity contribution in [3.05, 3.63) is 24.3 Å². The molecule has 2 amide bonds. The van der Waals surface area contributed by atoms with Crippen LogP contribution in [-0.2, 0) is 4.79 Å². The molecular weight excluding hydrogens is 276 g/mol. The predicted molar refractivity (Wildman–Crippen MR) is 81.3 cm³/mol. The molecule has 1 aromatic rings. The van der Waals surface area contributed by atoms with E-state index >= 15 is 0 Å². The first-order chi connectivity index (χ1) is 9.49. The number of hydrogen-bond donors (Lipinski definition) is 3. The molecule has 0 aliphatic heterocycles. The van der Waals surface area contributed by atoms with E-state index in [0.29, 0.717) is 12.1 Å². The van der Waals surface area contributed by atoms with Crippen LogP contribution in [0.2, 0.25) is 0 Å². The molecule has 20 heavy (non-hydrogen) atoms. The van der Waals surface area contributed by atoms with Crippen LogP contribution in [0.15, 0.2) is 29.2 Å². The number of urea groups is 1. The Morgan fingerprint density at radius 2 is 2.00 bits per heavy atom. The molecule has 0 spiro atoms. The number of para-hydroxylation sites is 1. The van der Waals surface area contributed by atoms with Crippen LogP contribution in [0.4, 0.5) is 10.5 Å². The molecule has 0 aromatic heterocycles. The topological polar surface area (TPSA) is 78.4 Å². The molecule has 110 valence electrons. The number of rotatable bonds is 6. The summed E-state index contributed by atoms with van der Waals surface area (Å²) in [7, 11) is 0. The molecule has 5 nitrogen and oxygen atoms in total. The molecule has 0 bridgehead atoms. The van der Waals surface area contributed by atoms with E-state index in [0.717, 1.165) is 4.90 Å². The zero-order chi connectivity index (χ0) is 15.1. The van der Waals surface area contributed by atoms with Crippen molar-refractivity contribution in [1.29, 1.82) is 0 Å². The molecule has 3 N–H and O–H groups in total. The van der Waals surface area contributed by atoms with Crippen molar-refractivity contribution < 1.29 is 14.7 Å². The van der Waals surface area contributed by atoms with Crippen LogP contribution in [0.1, 0.15) is 20.3 Å². The molecule has 0 radical (unpaired) electrons. The number of carboxylic acid groups (broad SMARTS) is 1. The number of aliphatic carboxylic acids is 1. The molecule has 0 aliphatic rings. The fraction of sp³-hybridized carbons (Fsp3) is 0.429. The first kappa shape index (κ1) is 16.4. The average molecular weight is 296 g/mol. The van der Waals surface area contributed by atoms with Crippen LogP contribution >= 0.6 is 11.8 Å². The zero-order valence-electron chi connectivity index (χ0n) is 11.8. The van der Waals surface area contributed by atoms with Crippen LogP contribution in [0.25, 0.3) is 0 Å². The van der Waals surface area contributed by atoms with Gasteiger partial charge in [0, 0.05) is 4.90 Å². The molecule has 2 atom stereocenters. The van der Waals surface area contributed by atoms with Gasteiger partial charge in [-0.25, -0.2) is 9.59 Å². The summed E-state index contributed by atoms with van der Waals surface area (Å²) in [5.41, 5.74) is 0.672. The maximum Gasteiger partial charge on any atom is 0.326 e. The summed E-state index contributed by atoms with van der Waals surface area (Å²) >= 11 is 1.51. The van der Waals surface area contributed by atoms with Gasteiger partial charge in [-0.05, 0) is 24.3 Å². The molecule has 0 fully saturated rings. The van der Waals surface area contributed by atoms with Crippen molar-refractivity contribution in [2.45, 2.75) is 31.2 Å². The zero-order valence-corrected chi connectivity index (χ0v) is 12.7. The van der Waals surface area contributed by atoms with Crippen molar-refractivity contribution in [3.63, 3.8) is 0 Å². The molecule has 0 saturated heterocycles. The third kappa shape index (κ3) is 4.45. The lowest BCUT2D eigenvalue weighted by Crippen LogP contribution is -2.46. The number of amides is 2. The van der Waals surface area contributed by atoms with Gasteiger partial charge < -0.3 is 15.7 Å². The first-order valence-corrected chi connectivity index (χ1v) is 7.65. The monoisotopic (exact) mass is 296 g/mol. The number of nitrogens with one attached hydrogen (secondary N) is 2. The van der Waals surface area contributed by atoms with Crippen molar-refractivity contribution in [3.8, 4) is 0 Å². The summed E-state index contributed by atoms with van der Waals surface area (Å²) in [6.07, 6.45) is 2.59. The molecule has 1 rings (SSSR count). The Kier molecular flexibility index (Phi) is 6.38. The van der Waals surface area contributed by atoms with E-state index in [1.807, 2.05) is 31.4 Å². The summed E-state index contributed by atoms with van der Waals surface area (Å²) in [6, 6.07) is 5.99. The van der Waals surface area contributed by atoms with E-state index in [4.69, 9.17) is 5.11 Å². The summed E-state index contributed by atoms with van der Waals surface area (Å²) in [6.45, 7) is 3.69. The number of carboxylic acids is 1. The van der Waals surface area contributed by atoms with Gasteiger partial charge in [0.1, 0.15) is 6.04 Å². The van der Waals surface area contributed by atoms with E-state index in [1.165, 1.54) is 11.8 Å². The highest BCUT2D eigenvalue weighted by atomic mass is 32.2. The minimum absolute atomic E-state index is 0.131. The van der Waals surface area contributed by atoms with Crippen molar-refractivity contribution in [2.24, 2.45) is 5.92 Å².